The summed E-state index contributed by atoms with van der Waals surface area (Å²) in [6.45, 7) is 4.40. The van der Waals surface area contributed by atoms with Gasteiger partial charge in [-0.25, -0.2) is 13.4 Å². The summed E-state index contributed by atoms with van der Waals surface area (Å²) >= 11 is 0. The number of piperidine rings is 1. The van der Waals surface area contributed by atoms with Gasteiger partial charge in [-0.3, -0.25) is 10.1 Å². The Balaban J connectivity index is 1.58. The SMILES string of the molecule is Cc1n[nH]c(C)c1S(=O)(=O)N1C[C@H]2CCC[C@@H](C1)[C@H]2Oc1cnccn1. The molecule has 0 spiro atoms. The molecule has 0 amide bonds. The highest BCUT2D eigenvalue weighted by atomic mass is 32.2. The molecule has 1 saturated carbocycles. The number of hydrogen-bond donors (Lipinski definition) is 1. The van der Waals surface area contributed by atoms with Gasteiger partial charge in [-0.1, -0.05) is 6.42 Å². The number of fused-ring (bicyclic) bond motifs is 2. The van der Waals surface area contributed by atoms with Crippen LogP contribution >= 0.6 is 0 Å². The third kappa shape index (κ3) is 2.99. The van der Waals surface area contributed by atoms with E-state index in [1.807, 2.05) is 0 Å². The van der Waals surface area contributed by atoms with E-state index < -0.39 is 10.0 Å². The van der Waals surface area contributed by atoms with Gasteiger partial charge in [0.15, 0.2) is 0 Å². The van der Waals surface area contributed by atoms with Crippen molar-refractivity contribution in [1.82, 2.24) is 24.5 Å². The van der Waals surface area contributed by atoms with Gasteiger partial charge in [-0.05, 0) is 26.7 Å². The van der Waals surface area contributed by atoms with Crippen LogP contribution in [0.5, 0.6) is 5.88 Å². The van der Waals surface area contributed by atoms with Crippen LogP contribution in [0.3, 0.4) is 0 Å². The van der Waals surface area contributed by atoms with E-state index in [4.69, 9.17) is 4.74 Å². The Morgan fingerprint density at radius 2 is 1.92 bits per heavy atom. The number of H-pyrrole nitrogens is 1. The molecule has 1 aliphatic heterocycles. The van der Waals surface area contributed by atoms with Crippen LogP contribution in [0.1, 0.15) is 30.7 Å². The van der Waals surface area contributed by atoms with E-state index in [1.54, 1.807) is 36.7 Å². The largest absolute Gasteiger partial charge is 0.473 e. The normalized spacial score (nSPS) is 26.6. The molecule has 4 rings (SSSR count). The molecule has 26 heavy (non-hydrogen) atoms. The van der Waals surface area contributed by atoms with Gasteiger partial charge in [0, 0.05) is 37.3 Å². The summed E-state index contributed by atoms with van der Waals surface area (Å²) in [5.41, 5.74) is 1.11. The minimum Gasteiger partial charge on any atom is -0.473 e. The molecule has 2 aromatic rings. The van der Waals surface area contributed by atoms with Crippen molar-refractivity contribution < 1.29 is 13.2 Å². The van der Waals surface area contributed by atoms with Gasteiger partial charge in [-0.2, -0.15) is 9.40 Å². The van der Waals surface area contributed by atoms with Crippen molar-refractivity contribution in [3.63, 3.8) is 0 Å². The first-order valence-corrected chi connectivity index (χ1v) is 10.3. The summed E-state index contributed by atoms with van der Waals surface area (Å²) in [4.78, 5) is 8.56. The van der Waals surface area contributed by atoms with Gasteiger partial charge in [-0.15, -0.1) is 0 Å². The van der Waals surface area contributed by atoms with Crippen LogP contribution in [-0.4, -0.2) is 52.1 Å². The van der Waals surface area contributed by atoms with Crippen molar-refractivity contribution in [2.24, 2.45) is 11.8 Å². The topological polar surface area (TPSA) is 101 Å². The molecular formula is C17H23N5O3S. The van der Waals surface area contributed by atoms with Crippen molar-refractivity contribution in [3.05, 3.63) is 30.0 Å². The van der Waals surface area contributed by atoms with E-state index in [9.17, 15) is 8.42 Å². The molecule has 2 aliphatic rings. The van der Waals surface area contributed by atoms with Gasteiger partial charge in [0.1, 0.15) is 11.0 Å². The van der Waals surface area contributed by atoms with Crippen molar-refractivity contribution in [3.8, 4) is 5.88 Å². The molecule has 0 aromatic carbocycles. The number of ether oxygens (including phenoxy) is 1. The average Bonchev–Trinajstić information content (AvgIpc) is 2.94. The third-order valence-corrected chi connectivity index (χ3v) is 7.51. The van der Waals surface area contributed by atoms with Crippen molar-refractivity contribution in [2.45, 2.75) is 44.1 Å². The van der Waals surface area contributed by atoms with Gasteiger partial charge >= 0.3 is 0 Å². The van der Waals surface area contributed by atoms with Crippen LogP contribution in [0.2, 0.25) is 0 Å². The molecule has 140 valence electrons. The molecular weight excluding hydrogens is 354 g/mol. The number of sulfonamides is 1. The smallest absolute Gasteiger partial charge is 0.246 e. The Bertz CT molecular complexity index is 850. The Morgan fingerprint density at radius 1 is 1.19 bits per heavy atom. The second-order valence-electron chi connectivity index (χ2n) is 7.16. The quantitative estimate of drug-likeness (QED) is 0.870. The maximum absolute atomic E-state index is 13.2. The van der Waals surface area contributed by atoms with E-state index in [1.165, 1.54) is 0 Å². The Morgan fingerprint density at radius 3 is 2.50 bits per heavy atom. The summed E-state index contributed by atoms with van der Waals surface area (Å²) < 4.78 is 34.1. The molecule has 3 heterocycles. The standard InChI is InChI=1S/C17H23N5O3S/c1-11-17(12(2)21-20-11)26(23,24)22-9-13-4-3-5-14(10-22)16(13)25-15-8-18-6-7-19-15/h6-8,13-14,16H,3-5,9-10H2,1-2H3,(H,20,21)/t13-,14+,16+. The molecule has 9 heteroatoms. The molecule has 2 fully saturated rings. The highest BCUT2D eigenvalue weighted by molar-refractivity contribution is 7.89. The summed E-state index contributed by atoms with van der Waals surface area (Å²) in [5.74, 6) is 0.825. The van der Waals surface area contributed by atoms with Gasteiger partial charge in [0.2, 0.25) is 15.9 Å². The zero-order valence-electron chi connectivity index (χ0n) is 14.9. The Kier molecular flexibility index (Phi) is 4.44. The third-order valence-electron chi connectivity index (χ3n) is 5.41. The zero-order valence-corrected chi connectivity index (χ0v) is 15.7. The molecule has 0 unspecified atom stereocenters. The fourth-order valence-corrected chi connectivity index (χ4v) is 6.15. The van der Waals surface area contributed by atoms with Crippen LogP contribution < -0.4 is 4.74 Å². The number of hydrogen-bond acceptors (Lipinski definition) is 6. The van der Waals surface area contributed by atoms with Gasteiger partial charge in [0.05, 0.1) is 17.6 Å². The monoisotopic (exact) mass is 377 g/mol. The number of aromatic nitrogens is 4. The molecule has 8 nitrogen and oxygen atoms in total. The molecule has 2 aromatic heterocycles. The minimum atomic E-state index is -3.56. The fourth-order valence-electron chi connectivity index (χ4n) is 4.27. The predicted octanol–water partition coefficient (Wildman–Crippen LogP) is 1.68. The van der Waals surface area contributed by atoms with Crippen LogP contribution in [0.4, 0.5) is 0 Å². The molecule has 2 bridgehead atoms. The second kappa shape index (κ2) is 6.62. The average molecular weight is 377 g/mol. The first-order valence-electron chi connectivity index (χ1n) is 8.91. The summed E-state index contributed by atoms with van der Waals surface area (Å²) in [6.07, 6.45) is 7.82. The van der Waals surface area contributed by atoms with Crippen LogP contribution in [0.15, 0.2) is 23.5 Å². The zero-order chi connectivity index (χ0) is 18.3. The predicted molar refractivity (Wildman–Crippen MR) is 94.1 cm³/mol. The first kappa shape index (κ1) is 17.4. The van der Waals surface area contributed by atoms with Crippen LogP contribution in [0.25, 0.3) is 0 Å². The Hall–Kier alpha value is -2.00. The maximum atomic E-state index is 13.2. The van der Waals surface area contributed by atoms with Gasteiger partial charge in [0.25, 0.3) is 0 Å². The highest BCUT2D eigenvalue weighted by Gasteiger charge is 2.45. The number of aromatic amines is 1. The number of rotatable bonds is 4. The maximum Gasteiger partial charge on any atom is 0.246 e. The van der Waals surface area contributed by atoms with E-state index in [0.717, 1.165) is 19.3 Å². The molecule has 1 aliphatic carbocycles. The summed E-state index contributed by atoms with van der Waals surface area (Å²) in [6, 6.07) is 0. The lowest BCUT2D eigenvalue weighted by Crippen LogP contribution is -2.55. The lowest BCUT2D eigenvalue weighted by Gasteiger charge is -2.46. The van der Waals surface area contributed by atoms with Crippen LogP contribution in [0, 0.1) is 25.7 Å². The molecule has 1 N–H and O–H groups in total. The minimum absolute atomic E-state index is 0.0153. The number of nitrogens with zero attached hydrogens (tertiary/aromatic N) is 4. The molecule has 1 saturated heterocycles. The van der Waals surface area contributed by atoms with Crippen LogP contribution in [-0.2, 0) is 10.0 Å². The lowest BCUT2D eigenvalue weighted by atomic mass is 9.76. The van der Waals surface area contributed by atoms with Gasteiger partial charge < -0.3 is 4.74 Å². The first-order chi connectivity index (χ1) is 12.5. The van der Waals surface area contributed by atoms with E-state index in [2.05, 4.69) is 20.2 Å². The fraction of sp³-hybridized carbons (Fsp3) is 0.588. The van der Waals surface area contributed by atoms with E-state index >= 15 is 0 Å². The van der Waals surface area contributed by atoms with Crippen molar-refractivity contribution in [1.29, 1.82) is 0 Å². The summed E-state index contributed by atoms with van der Waals surface area (Å²) in [7, 11) is -3.56. The highest BCUT2D eigenvalue weighted by Crippen LogP contribution is 2.39. The molecule has 3 atom stereocenters. The summed E-state index contributed by atoms with van der Waals surface area (Å²) in [5, 5.41) is 6.83. The van der Waals surface area contributed by atoms with Crippen molar-refractivity contribution >= 4 is 10.0 Å². The number of aryl methyl sites for hydroxylation is 2. The van der Waals surface area contributed by atoms with Crippen molar-refractivity contribution in [2.75, 3.05) is 13.1 Å². The lowest BCUT2D eigenvalue weighted by molar-refractivity contribution is -0.0123. The molecule has 0 radical (unpaired) electrons. The number of nitrogens with one attached hydrogen (secondary N) is 1. The Labute approximate surface area is 153 Å². The van der Waals surface area contributed by atoms with E-state index in [0.29, 0.717) is 35.3 Å². The van der Waals surface area contributed by atoms with E-state index in [-0.39, 0.29) is 17.9 Å². The second-order valence-corrected chi connectivity index (χ2v) is 9.04.